The van der Waals surface area contributed by atoms with Gasteiger partial charge in [0.2, 0.25) is 0 Å². The van der Waals surface area contributed by atoms with Gasteiger partial charge in [-0.1, -0.05) is 46.3 Å². The molecular formula is C20H33NO2. The van der Waals surface area contributed by atoms with Crippen molar-refractivity contribution in [3.05, 3.63) is 12.2 Å². The average molecular weight is 319 g/mol. The molecule has 2 N–H and O–H groups in total. The summed E-state index contributed by atoms with van der Waals surface area (Å²) in [5.74, 6) is 1.37. The molecule has 0 amide bonds. The lowest BCUT2D eigenvalue weighted by atomic mass is 9.72. The third-order valence-electron chi connectivity index (χ3n) is 6.83. The molecule has 0 saturated heterocycles. The molecule has 2 rings (SSSR count). The summed E-state index contributed by atoms with van der Waals surface area (Å²) in [6.45, 7) is 12.1. The van der Waals surface area contributed by atoms with Crippen molar-refractivity contribution in [2.24, 2.45) is 40.2 Å². The number of Topliss-reactive ketones (excluding diaryl/α,β-unsaturated/α-hetero) is 2. The zero-order chi connectivity index (χ0) is 17.6. The molecule has 2 aliphatic rings. The third kappa shape index (κ3) is 3.05. The standard InChI is InChI=1S/C20H33NO2/c1-7-9-19(4,5)18(21)17(23)13-10-14(12(3)22)16-15(11-13)20(16,6)8-2/h7,9,13-16,18H,8,10-11,21H2,1-6H3/b9-7-/t13?,14-,15+,16-,18-,20?/m1/s1. The Morgan fingerprint density at radius 2 is 1.96 bits per heavy atom. The predicted molar refractivity (Wildman–Crippen MR) is 93.9 cm³/mol. The number of allylic oxidation sites excluding steroid dienone is 1. The Kier molecular flexibility index (Phi) is 4.92. The van der Waals surface area contributed by atoms with E-state index in [1.54, 1.807) is 6.92 Å². The number of hydrogen-bond acceptors (Lipinski definition) is 3. The molecule has 0 radical (unpaired) electrons. The molecule has 2 fully saturated rings. The molecule has 0 aromatic carbocycles. The number of carbonyl (C=O) groups excluding carboxylic acids is 2. The fourth-order valence-electron chi connectivity index (χ4n) is 5.01. The first-order chi connectivity index (χ1) is 10.6. The minimum Gasteiger partial charge on any atom is -0.321 e. The summed E-state index contributed by atoms with van der Waals surface area (Å²) >= 11 is 0. The van der Waals surface area contributed by atoms with Crippen molar-refractivity contribution in [1.82, 2.24) is 0 Å². The second kappa shape index (κ2) is 6.16. The van der Waals surface area contributed by atoms with Crippen molar-refractivity contribution in [3.8, 4) is 0 Å². The van der Waals surface area contributed by atoms with Gasteiger partial charge < -0.3 is 5.73 Å². The number of fused-ring (bicyclic) bond motifs is 1. The highest BCUT2D eigenvalue weighted by Gasteiger charge is 2.66. The first-order valence-corrected chi connectivity index (χ1v) is 9.03. The SMILES string of the molecule is C/C=C\C(C)(C)[C@H](N)C(=O)C1C[C@H](C(C)=O)[C@@H]2[C@H](C1)C2(C)CC. The minimum atomic E-state index is -0.500. The maximum atomic E-state index is 13.0. The molecule has 2 saturated carbocycles. The zero-order valence-electron chi connectivity index (χ0n) is 15.6. The quantitative estimate of drug-likeness (QED) is 0.758. The van der Waals surface area contributed by atoms with Gasteiger partial charge in [0.1, 0.15) is 5.78 Å². The molecule has 0 aromatic rings. The Morgan fingerprint density at radius 3 is 2.43 bits per heavy atom. The molecular weight excluding hydrogens is 286 g/mol. The van der Waals surface area contributed by atoms with Crippen molar-refractivity contribution in [1.29, 1.82) is 0 Å². The smallest absolute Gasteiger partial charge is 0.153 e. The van der Waals surface area contributed by atoms with Crippen LogP contribution in [0, 0.1) is 34.5 Å². The van der Waals surface area contributed by atoms with Crippen molar-refractivity contribution in [3.63, 3.8) is 0 Å². The lowest BCUT2D eigenvalue weighted by Gasteiger charge is -2.33. The lowest BCUT2D eigenvalue weighted by Crippen LogP contribution is -2.47. The van der Waals surface area contributed by atoms with Crippen molar-refractivity contribution in [2.75, 3.05) is 0 Å². The molecule has 6 atom stereocenters. The lowest BCUT2D eigenvalue weighted by molar-refractivity contribution is -0.129. The van der Waals surface area contributed by atoms with Gasteiger partial charge in [-0.25, -0.2) is 0 Å². The van der Waals surface area contributed by atoms with E-state index in [-0.39, 0.29) is 34.2 Å². The Labute approximate surface area is 141 Å². The molecule has 0 aliphatic heterocycles. The molecule has 2 unspecified atom stereocenters. The highest BCUT2D eigenvalue weighted by atomic mass is 16.1. The highest BCUT2D eigenvalue weighted by Crippen LogP contribution is 2.70. The molecule has 3 heteroatoms. The summed E-state index contributed by atoms with van der Waals surface area (Å²) in [4.78, 5) is 25.1. The van der Waals surface area contributed by atoms with Crippen LogP contribution in [0.5, 0.6) is 0 Å². The maximum Gasteiger partial charge on any atom is 0.153 e. The third-order valence-corrected chi connectivity index (χ3v) is 6.83. The zero-order valence-corrected chi connectivity index (χ0v) is 15.6. The van der Waals surface area contributed by atoms with Gasteiger partial charge in [0, 0.05) is 17.3 Å². The van der Waals surface area contributed by atoms with E-state index in [9.17, 15) is 9.59 Å². The Hall–Kier alpha value is -0.960. The van der Waals surface area contributed by atoms with E-state index in [1.165, 1.54) is 0 Å². The molecule has 2 aliphatic carbocycles. The fourth-order valence-corrected chi connectivity index (χ4v) is 5.01. The summed E-state index contributed by atoms with van der Waals surface area (Å²) < 4.78 is 0. The minimum absolute atomic E-state index is 0.0460. The van der Waals surface area contributed by atoms with E-state index in [1.807, 2.05) is 32.9 Å². The first kappa shape index (κ1) is 18.4. The van der Waals surface area contributed by atoms with Crippen LogP contribution in [0.15, 0.2) is 12.2 Å². The van der Waals surface area contributed by atoms with Gasteiger partial charge in [-0.15, -0.1) is 0 Å². The van der Waals surface area contributed by atoms with Gasteiger partial charge in [0.25, 0.3) is 0 Å². The van der Waals surface area contributed by atoms with Crippen molar-refractivity contribution < 1.29 is 9.59 Å². The van der Waals surface area contributed by atoms with Gasteiger partial charge in [0.15, 0.2) is 5.78 Å². The molecule has 130 valence electrons. The van der Waals surface area contributed by atoms with E-state index in [0.29, 0.717) is 18.3 Å². The molecule has 0 spiro atoms. The largest absolute Gasteiger partial charge is 0.321 e. The van der Waals surface area contributed by atoms with Crippen LogP contribution in [0.3, 0.4) is 0 Å². The normalized spacial score (nSPS) is 38.2. The second-order valence-corrected chi connectivity index (χ2v) is 8.58. The van der Waals surface area contributed by atoms with Gasteiger partial charge in [-0.3, -0.25) is 9.59 Å². The van der Waals surface area contributed by atoms with E-state index >= 15 is 0 Å². The van der Waals surface area contributed by atoms with Gasteiger partial charge >= 0.3 is 0 Å². The monoisotopic (exact) mass is 319 g/mol. The summed E-state index contributed by atoms with van der Waals surface area (Å²) in [5.41, 5.74) is 6.21. The molecule has 0 aromatic heterocycles. The van der Waals surface area contributed by atoms with Crippen LogP contribution in [-0.2, 0) is 9.59 Å². The molecule has 0 heterocycles. The fraction of sp³-hybridized carbons (Fsp3) is 0.800. The summed E-state index contributed by atoms with van der Waals surface area (Å²) in [7, 11) is 0. The van der Waals surface area contributed by atoms with Crippen LogP contribution in [-0.4, -0.2) is 17.6 Å². The number of ketones is 2. The van der Waals surface area contributed by atoms with E-state index in [2.05, 4.69) is 13.8 Å². The van der Waals surface area contributed by atoms with Gasteiger partial charge in [-0.2, -0.15) is 0 Å². The summed E-state index contributed by atoms with van der Waals surface area (Å²) in [5, 5.41) is 0. The van der Waals surface area contributed by atoms with E-state index in [0.717, 1.165) is 12.8 Å². The van der Waals surface area contributed by atoms with E-state index in [4.69, 9.17) is 5.73 Å². The highest BCUT2D eigenvalue weighted by molar-refractivity contribution is 5.89. The Morgan fingerprint density at radius 1 is 1.35 bits per heavy atom. The topological polar surface area (TPSA) is 60.2 Å². The maximum absolute atomic E-state index is 13.0. The van der Waals surface area contributed by atoms with Crippen LogP contribution < -0.4 is 5.73 Å². The van der Waals surface area contributed by atoms with Crippen molar-refractivity contribution in [2.45, 2.75) is 66.8 Å². The molecule has 23 heavy (non-hydrogen) atoms. The number of rotatable bonds is 6. The van der Waals surface area contributed by atoms with E-state index < -0.39 is 6.04 Å². The van der Waals surface area contributed by atoms with Gasteiger partial charge in [-0.05, 0) is 43.9 Å². The predicted octanol–water partition coefficient (Wildman–Crippen LogP) is 3.76. The van der Waals surface area contributed by atoms with Gasteiger partial charge in [0.05, 0.1) is 6.04 Å². The van der Waals surface area contributed by atoms with Crippen LogP contribution in [0.25, 0.3) is 0 Å². The van der Waals surface area contributed by atoms with Crippen LogP contribution in [0.2, 0.25) is 0 Å². The van der Waals surface area contributed by atoms with Crippen LogP contribution >= 0.6 is 0 Å². The van der Waals surface area contributed by atoms with Crippen LogP contribution in [0.1, 0.15) is 60.8 Å². The first-order valence-electron chi connectivity index (χ1n) is 9.03. The Bertz CT molecular complexity index is 522. The number of nitrogens with two attached hydrogens (primary N) is 1. The second-order valence-electron chi connectivity index (χ2n) is 8.58. The molecule has 0 bridgehead atoms. The molecule has 3 nitrogen and oxygen atoms in total. The summed E-state index contributed by atoms with van der Waals surface area (Å²) in [6, 6.07) is -0.500. The van der Waals surface area contributed by atoms with Crippen LogP contribution in [0.4, 0.5) is 0 Å². The Balaban J connectivity index is 2.18. The average Bonchev–Trinajstić information content (AvgIpc) is 3.10. The summed E-state index contributed by atoms with van der Waals surface area (Å²) in [6.07, 6.45) is 6.67. The number of carbonyl (C=O) groups is 2. The number of hydrogen-bond donors (Lipinski definition) is 1. The van der Waals surface area contributed by atoms with Crippen molar-refractivity contribution >= 4 is 11.6 Å².